The maximum atomic E-state index is 13.4. The molecule has 0 aliphatic carbocycles. The molecule has 0 bridgehead atoms. The van der Waals surface area contributed by atoms with Crippen molar-refractivity contribution >= 4 is 23.7 Å². The lowest BCUT2D eigenvalue weighted by molar-refractivity contribution is -0.142. The number of benzene rings is 1. The average Bonchev–Trinajstić information content (AvgIpc) is 3.36. The number of carboxylic acid groups (broad SMARTS) is 1. The molecule has 12 nitrogen and oxygen atoms in total. The standard InChI is InChI=1S/C27H40N6O6/c1-15(2)9-21(31-24(35)20(28)12-18-13-29-14-30-18)25(36)32-22(11-17-5-7-19(34)8-6-17)26(37)33-23(27(38)39)10-16(3)4/h5-8,13-16,20-23,34H,9-12,28H2,1-4H3,(H,29,30)(H,31,35)(H,32,36)(H,33,37)(H,38,39). The molecule has 214 valence electrons. The van der Waals surface area contributed by atoms with E-state index in [-0.39, 0.29) is 43.3 Å². The lowest BCUT2D eigenvalue weighted by Crippen LogP contribution is -2.58. The molecule has 0 aliphatic heterocycles. The predicted molar refractivity (Wildman–Crippen MR) is 144 cm³/mol. The summed E-state index contributed by atoms with van der Waals surface area (Å²) in [7, 11) is 0. The number of nitrogens with one attached hydrogen (secondary N) is 4. The summed E-state index contributed by atoms with van der Waals surface area (Å²) in [6, 6.07) is 1.92. The zero-order valence-corrected chi connectivity index (χ0v) is 22.8. The summed E-state index contributed by atoms with van der Waals surface area (Å²) in [6.45, 7) is 7.46. The summed E-state index contributed by atoms with van der Waals surface area (Å²) in [5.74, 6) is -2.91. The van der Waals surface area contributed by atoms with E-state index in [2.05, 4.69) is 25.9 Å². The molecule has 0 saturated heterocycles. The van der Waals surface area contributed by atoms with Gasteiger partial charge in [-0.1, -0.05) is 39.8 Å². The molecular formula is C27H40N6O6. The van der Waals surface area contributed by atoms with Gasteiger partial charge < -0.3 is 36.9 Å². The van der Waals surface area contributed by atoms with E-state index in [1.807, 2.05) is 27.7 Å². The molecule has 0 spiro atoms. The molecule has 0 saturated carbocycles. The average molecular weight is 545 g/mol. The smallest absolute Gasteiger partial charge is 0.326 e. The maximum absolute atomic E-state index is 13.4. The number of hydrogen-bond acceptors (Lipinski definition) is 7. The van der Waals surface area contributed by atoms with E-state index in [1.54, 1.807) is 18.3 Å². The Morgan fingerprint density at radius 1 is 0.846 bits per heavy atom. The van der Waals surface area contributed by atoms with Crippen LogP contribution in [0.15, 0.2) is 36.8 Å². The van der Waals surface area contributed by atoms with Gasteiger partial charge in [-0.2, -0.15) is 0 Å². The van der Waals surface area contributed by atoms with Gasteiger partial charge in [0.15, 0.2) is 0 Å². The van der Waals surface area contributed by atoms with E-state index in [0.717, 1.165) is 0 Å². The van der Waals surface area contributed by atoms with E-state index in [0.29, 0.717) is 11.3 Å². The summed E-state index contributed by atoms with van der Waals surface area (Å²) < 4.78 is 0. The highest BCUT2D eigenvalue weighted by Crippen LogP contribution is 2.13. The van der Waals surface area contributed by atoms with Crippen LogP contribution in [0.25, 0.3) is 0 Å². The Hall–Kier alpha value is -3.93. The lowest BCUT2D eigenvalue weighted by Gasteiger charge is -2.26. The van der Waals surface area contributed by atoms with Gasteiger partial charge in [0, 0.05) is 24.7 Å². The highest BCUT2D eigenvalue weighted by Gasteiger charge is 2.31. The number of aromatic amines is 1. The Labute approximate surface area is 228 Å². The molecule has 4 unspecified atom stereocenters. The Balaban J connectivity index is 2.22. The first-order valence-corrected chi connectivity index (χ1v) is 13.0. The molecule has 0 fully saturated rings. The van der Waals surface area contributed by atoms with Crippen LogP contribution in [-0.2, 0) is 32.0 Å². The van der Waals surface area contributed by atoms with E-state index in [9.17, 15) is 29.4 Å². The summed E-state index contributed by atoms with van der Waals surface area (Å²) in [5, 5.41) is 27.1. The summed E-state index contributed by atoms with van der Waals surface area (Å²) in [4.78, 5) is 58.0. The molecule has 1 aromatic heterocycles. The molecule has 1 aromatic carbocycles. The number of amides is 3. The number of aliphatic carboxylic acids is 1. The summed E-state index contributed by atoms with van der Waals surface area (Å²) in [6.07, 6.45) is 3.76. The normalized spacial score (nSPS) is 14.3. The molecule has 0 radical (unpaired) electrons. The fourth-order valence-electron chi connectivity index (χ4n) is 4.02. The number of imidazole rings is 1. The van der Waals surface area contributed by atoms with Crippen molar-refractivity contribution in [3.63, 3.8) is 0 Å². The number of H-pyrrole nitrogens is 1. The van der Waals surface area contributed by atoms with Gasteiger partial charge in [-0.05, 0) is 42.4 Å². The Bertz CT molecular complexity index is 1090. The first kappa shape index (κ1) is 31.3. The third-order valence-corrected chi connectivity index (χ3v) is 6.00. The first-order valence-electron chi connectivity index (χ1n) is 13.0. The molecule has 3 amide bonds. The third-order valence-electron chi connectivity index (χ3n) is 6.00. The van der Waals surface area contributed by atoms with Crippen LogP contribution in [0.3, 0.4) is 0 Å². The van der Waals surface area contributed by atoms with Crippen LogP contribution in [0.1, 0.15) is 51.8 Å². The molecule has 8 N–H and O–H groups in total. The lowest BCUT2D eigenvalue weighted by atomic mass is 9.99. The molecule has 1 heterocycles. The van der Waals surface area contributed by atoms with Gasteiger partial charge in [0.1, 0.15) is 23.9 Å². The molecule has 39 heavy (non-hydrogen) atoms. The Kier molecular flexibility index (Phi) is 11.9. The number of hydrogen-bond donors (Lipinski definition) is 7. The Morgan fingerprint density at radius 2 is 1.38 bits per heavy atom. The summed E-state index contributed by atoms with van der Waals surface area (Å²) >= 11 is 0. The van der Waals surface area contributed by atoms with Crippen molar-refractivity contribution in [3.8, 4) is 5.75 Å². The van der Waals surface area contributed by atoms with Gasteiger partial charge in [0.25, 0.3) is 0 Å². The van der Waals surface area contributed by atoms with Gasteiger partial charge in [-0.15, -0.1) is 0 Å². The van der Waals surface area contributed by atoms with Crippen LogP contribution in [0.5, 0.6) is 5.75 Å². The van der Waals surface area contributed by atoms with Crippen LogP contribution in [-0.4, -0.2) is 68.0 Å². The number of carbonyl (C=O) groups is 4. The van der Waals surface area contributed by atoms with Crippen LogP contribution < -0.4 is 21.7 Å². The molecular weight excluding hydrogens is 504 g/mol. The molecule has 2 rings (SSSR count). The third kappa shape index (κ3) is 10.8. The van der Waals surface area contributed by atoms with Crippen molar-refractivity contribution in [2.45, 2.75) is 77.5 Å². The van der Waals surface area contributed by atoms with Crippen molar-refractivity contribution in [1.29, 1.82) is 0 Å². The monoisotopic (exact) mass is 544 g/mol. The number of phenolic OH excluding ortho intramolecular Hbond substituents is 1. The molecule has 4 atom stereocenters. The fourth-order valence-corrected chi connectivity index (χ4v) is 4.02. The van der Waals surface area contributed by atoms with Crippen molar-refractivity contribution in [1.82, 2.24) is 25.9 Å². The minimum absolute atomic E-state index is 0.00754. The number of nitrogens with two attached hydrogens (primary N) is 1. The van der Waals surface area contributed by atoms with Gasteiger partial charge in [-0.3, -0.25) is 14.4 Å². The van der Waals surface area contributed by atoms with Crippen LogP contribution in [0.2, 0.25) is 0 Å². The molecule has 2 aromatic rings. The van der Waals surface area contributed by atoms with Gasteiger partial charge >= 0.3 is 5.97 Å². The zero-order chi connectivity index (χ0) is 29.1. The SMILES string of the molecule is CC(C)CC(NC(=O)C(Cc1ccc(O)cc1)NC(=O)C(CC(C)C)NC(=O)C(N)Cc1cnc[nH]1)C(=O)O. The maximum Gasteiger partial charge on any atom is 0.326 e. The predicted octanol–water partition coefficient (Wildman–Crippen LogP) is 0.859. The van der Waals surface area contributed by atoms with Gasteiger partial charge in [-0.25, -0.2) is 9.78 Å². The number of rotatable bonds is 15. The number of aromatic nitrogens is 2. The topological polar surface area (TPSA) is 200 Å². The minimum atomic E-state index is -1.18. The van der Waals surface area contributed by atoms with Crippen LogP contribution in [0.4, 0.5) is 0 Å². The van der Waals surface area contributed by atoms with E-state index in [4.69, 9.17) is 5.73 Å². The van der Waals surface area contributed by atoms with E-state index < -0.39 is 47.9 Å². The molecule has 0 aliphatic rings. The summed E-state index contributed by atoms with van der Waals surface area (Å²) in [5.41, 5.74) is 7.35. The van der Waals surface area contributed by atoms with Crippen LogP contribution in [0, 0.1) is 11.8 Å². The van der Waals surface area contributed by atoms with Crippen molar-refractivity contribution in [2.75, 3.05) is 0 Å². The number of phenols is 1. The second-order valence-corrected chi connectivity index (χ2v) is 10.5. The second-order valence-electron chi connectivity index (χ2n) is 10.5. The first-order chi connectivity index (χ1) is 18.3. The fraction of sp³-hybridized carbons (Fsp3) is 0.519. The zero-order valence-electron chi connectivity index (χ0n) is 22.8. The number of carbonyl (C=O) groups excluding carboxylic acids is 3. The van der Waals surface area contributed by atoms with E-state index >= 15 is 0 Å². The van der Waals surface area contributed by atoms with Gasteiger partial charge in [0.2, 0.25) is 17.7 Å². The minimum Gasteiger partial charge on any atom is -0.508 e. The second kappa shape index (κ2) is 14.9. The quantitative estimate of drug-likeness (QED) is 0.171. The van der Waals surface area contributed by atoms with E-state index in [1.165, 1.54) is 18.5 Å². The molecule has 12 heteroatoms. The highest BCUT2D eigenvalue weighted by atomic mass is 16.4. The number of carboxylic acids is 1. The van der Waals surface area contributed by atoms with Crippen LogP contribution >= 0.6 is 0 Å². The number of aromatic hydroxyl groups is 1. The van der Waals surface area contributed by atoms with Crippen molar-refractivity contribution < 1.29 is 29.4 Å². The van der Waals surface area contributed by atoms with Crippen molar-refractivity contribution in [2.24, 2.45) is 17.6 Å². The highest BCUT2D eigenvalue weighted by molar-refractivity contribution is 5.94. The van der Waals surface area contributed by atoms with Gasteiger partial charge in [0.05, 0.1) is 12.4 Å². The Morgan fingerprint density at radius 3 is 1.92 bits per heavy atom. The number of nitrogens with zero attached hydrogens (tertiary/aromatic N) is 1. The van der Waals surface area contributed by atoms with Crippen molar-refractivity contribution in [3.05, 3.63) is 48.0 Å². The largest absolute Gasteiger partial charge is 0.508 e.